The smallest absolute Gasteiger partial charge is 0.305 e. The SMILES string of the molecule is Cc1cccc(C)c1-c1cccc([C@H](CC(=O)O)NCC(CC(C)C)n2cc(CN(C)C)ccc2=O)c1. The fourth-order valence-electron chi connectivity index (χ4n) is 5.07. The molecule has 2 N–H and O–H groups in total. The summed E-state index contributed by atoms with van der Waals surface area (Å²) in [4.78, 5) is 26.8. The number of carboxylic acid groups (broad SMARTS) is 1. The maximum absolute atomic E-state index is 12.9. The normalized spacial score (nSPS) is 13.2. The number of pyridine rings is 1. The van der Waals surface area contributed by atoms with Crippen LogP contribution in [-0.4, -0.2) is 41.2 Å². The van der Waals surface area contributed by atoms with Gasteiger partial charge in [-0.05, 0) is 79.7 Å². The van der Waals surface area contributed by atoms with Gasteiger partial charge in [-0.2, -0.15) is 0 Å². The van der Waals surface area contributed by atoms with Crippen molar-refractivity contribution < 1.29 is 9.90 Å². The Labute approximate surface area is 221 Å². The zero-order valence-electron chi connectivity index (χ0n) is 23.0. The van der Waals surface area contributed by atoms with Gasteiger partial charge in [-0.25, -0.2) is 0 Å². The average molecular weight is 504 g/mol. The minimum absolute atomic E-state index is 0.0400. The maximum atomic E-state index is 12.9. The predicted octanol–water partition coefficient (Wildman–Crippen LogP) is 5.59. The molecule has 1 unspecified atom stereocenters. The molecule has 6 heteroatoms. The standard InChI is InChI=1S/C31H41N3O3/c1-21(2)15-27(34-20-24(19-33(5)6)13-14-29(34)35)18-32-28(17-30(36)37)25-11-8-12-26(16-25)31-22(3)9-7-10-23(31)4/h7-14,16,20-21,27-28,32H,15,17-19H2,1-6H3,(H,36,37)/t27?,28-/m0/s1. The summed E-state index contributed by atoms with van der Waals surface area (Å²) in [5.74, 6) is -0.484. The summed E-state index contributed by atoms with van der Waals surface area (Å²) in [6.45, 7) is 9.72. The van der Waals surface area contributed by atoms with E-state index in [0.29, 0.717) is 12.5 Å². The first-order valence-corrected chi connectivity index (χ1v) is 13.0. The van der Waals surface area contributed by atoms with Gasteiger partial charge in [0.1, 0.15) is 0 Å². The van der Waals surface area contributed by atoms with Gasteiger partial charge in [-0.1, -0.05) is 56.3 Å². The van der Waals surface area contributed by atoms with Gasteiger partial charge >= 0.3 is 5.97 Å². The van der Waals surface area contributed by atoms with E-state index < -0.39 is 5.97 Å². The Morgan fingerprint density at radius 1 is 1.03 bits per heavy atom. The molecule has 2 atom stereocenters. The molecule has 0 spiro atoms. The van der Waals surface area contributed by atoms with E-state index in [-0.39, 0.29) is 24.1 Å². The van der Waals surface area contributed by atoms with E-state index >= 15 is 0 Å². The molecule has 0 saturated heterocycles. The van der Waals surface area contributed by atoms with Crippen molar-refractivity contribution in [3.63, 3.8) is 0 Å². The van der Waals surface area contributed by atoms with Gasteiger partial charge in [0.15, 0.2) is 0 Å². The lowest BCUT2D eigenvalue weighted by molar-refractivity contribution is -0.137. The van der Waals surface area contributed by atoms with Crippen molar-refractivity contribution in [1.82, 2.24) is 14.8 Å². The number of carbonyl (C=O) groups is 1. The van der Waals surface area contributed by atoms with Crippen LogP contribution in [0.3, 0.4) is 0 Å². The number of hydrogen-bond acceptors (Lipinski definition) is 4. The number of aliphatic carboxylic acids is 1. The maximum Gasteiger partial charge on any atom is 0.305 e. The quantitative estimate of drug-likeness (QED) is 0.337. The van der Waals surface area contributed by atoms with Crippen molar-refractivity contribution in [3.8, 4) is 11.1 Å². The van der Waals surface area contributed by atoms with Crippen molar-refractivity contribution in [2.75, 3.05) is 20.6 Å². The summed E-state index contributed by atoms with van der Waals surface area (Å²) in [6.07, 6.45) is 2.71. The molecule has 0 aliphatic heterocycles. The predicted molar refractivity (Wildman–Crippen MR) is 151 cm³/mol. The molecular weight excluding hydrogens is 462 g/mol. The zero-order valence-corrected chi connectivity index (χ0v) is 23.0. The van der Waals surface area contributed by atoms with E-state index in [1.165, 1.54) is 16.7 Å². The Morgan fingerprint density at radius 2 is 1.70 bits per heavy atom. The topological polar surface area (TPSA) is 74.6 Å². The third-order valence-corrected chi connectivity index (χ3v) is 6.67. The number of rotatable bonds is 12. The van der Waals surface area contributed by atoms with E-state index in [2.05, 4.69) is 68.2 Å². The highest BCUT2D eigenvalue weighted by Crippen LogP contribution is 2.30. The summed E-state index contributed by atoms with van der Waals surface area (Å²) in [5.41, 5.74) is 6.60. The van der Waals surface area contributed by atoms with Crippen LogP contribution in [0.4, 0.5) is 0 Å². The lowest BCUT2D eigenvalue weighted by Crippen LogP contribution is -2.35. The Kier molecular flexibility index (Phi) is 9.84. The van der Waals surface area contributed by atoms with Crippen LogP contribution in [0, 0.1) is 19.8 Å². The molecule has 3 aromatic rings. The van der Waals surface area contributed by atoms with Crippen molar-refractivity contribution in [3.05, 3.63) is 93.4 Å². The third kappa shape index (κ3) is 7.88. The number of nitrogens with one attached hydrogen (secondary N) is 1. The molecule has 0 aliphatic carbocycles. The summed E-state index contributed by atoms with van der Waals surface area (Å²) < 4.78 is 1.82. The number of aryl methyl sites for hydroxylation is 2. The Balaban J connectivity index is 1.92. The second kappa shape index (κ2) is 12.8. The average Bonchev–Trinajstić information content (AvgIpc) is 2.81. The van der Waals surface area contributed by atoms with Gasteiger partial charge in [0.25, 0.3) is 5.56 Å². The minimum atomic E-state index is -0.861. The summed E-state index contributed by atoms with van der Waals surface area (Å²) >= 11 is 0. The Bertz CT molecular complexity index is 1240. The van der Waals surface area contributed by atoms with E-state index in [9.17, 15) is 14.7 Å². The highest BCUT2D eigenvalue weighted by atomic mass is 16.4. The fraction of sp³-hybridized carbons (Fsp3) is 0.419. The van der Waals surface area contributed by atoms with Crippen LogP contribution in [0.2, 0.25) is 0 Å². The van der Waals surface area contributed by atoms with E-state index in [0.717, 1.165) is 29.7 Å². The van der Waals surface area contributed by atoms with Crippen molar-refractivity contribution >= 4 is 5.97 Å². The van der Waals surface area contributed by atoms with Crippen LogP contribution >= 0.6 is 0 Å². The minimum Gasteiger partial charge on any atom is -0.481 e. The number of hydrogen-bond donors (Lipinski definition) is 2. The molecule has 198 valence electrons. The summed E-state index contributed by atoms with van der Waals surface area (Å²) in [7, 11) is 4.01. The first kappa shape index (κ1) is 28.4. The Morgan fingerprint density at radius 3 is 2.32 bits per heavy atom. The van der Waals surface area contributed by atoms with E-state index in [1.807, 2.05) is 43.1 Å². The molecule has 2 aromatic carbocycles. The van der Waals surface area contributed by atoms with E-state index in [4.69, 9.17) is 0 Å². The van der Waals surface area contributed by atoms with Crippen LogP contribution in [0.5, 0.6) is 0 Å². The molecule has 1 heterocycles. The molecule has 37 heavy (non-hydrogen) atoms. The molecule has 0 amide bonds. The van der Waals surface area contributed by atoms with Crippen LogP contribution in [0.15, 0.2) is 65.6 Å². The van der Waals surface area contributed by atoms with Crippen LogP contribution in [0.1, 0.15) is 61.0 Å². The lowest BCUT2D eigenvalue weighted by Gasteiger charge is -2.26. The first-order chi connectivity index (χ1) is 17.5. The zero-order chi connectivity index (χ0) is 27.1. The molecule has 0 bridgehead atoms. The molecule has 1 aromatic heterocycles. The summed E-state index contributed by atoms with van der Waals surface area (Å²) in [5, 5.41) is 13.2. The van der Waals surface area contributed by atoms with Gasteiger partial charge in [0.05, 0.1) is 6.42 Å². The van der Waals surface area contributed by atoms with Crippen LogP contribution in [0.25, 0.3) is 11.1 Å². The van der Waals surface area contributed by atoms with Gasteiger partial charge < -0.3 is 19.9 Å². The lowest BCUT2D eigenvalue weighted by atomic mass is 9.92. The second-order valence-electron chi connectivity index (χ2n) is 10.8. The number of benzene rings is 2. The van der Waals surface area contributed by atoms with Crippen molar-refractivity contribution in [2.24, 2.45) is 5.92 Å². The highest BCUT2D eigenvalue weighted by Gasteiger charge is 2.21. The van der Waals surface area contributed by atoms with Gasteiger partial charge in [0.2, 0.25) is 0 Å². The molecular formula is C31H41N3O3. The molecule has 0 radical (unpaired) electrons. The highest BCUT2D eigenvalue weighted by molar-refractivity contribution is 5.72. The molecule has 3 rings (SSSR count). The molecule has 0 fully saturated rings. The number of aromatic nitrogens is 1. The molecule has 6 nitrogen and oxygen atoms in total. The fourth-order valence-corrected chi connectivity index (χ4v) is 5.07. The first-order valence-electron chi connectivity index (χ1n) is 13.0. The second-order valence-corrected chi connectivity index (χ2v) is 10.8. The molecule has 0 saturated carbocycles. The largest absolute Gasteiger partial charge is 0.481 e. The van der Waals surface area contributed by atoms with Crippen molar-refractivity contribution in [2.45, 2.75) is 59.2 Å². The number of nitrogens with zero attached hydrogens (tertiary/aromatic N) is 2. The van der Waals surface area contributed by atoms with Gasteiger partial charge in [-0.15, -0.1) is 0 Å². The Hall–Kier alpha value is -3.22. The van der Waals surface area contributed by atoms with Crippen LogP contribution < -0.4 is 10.9 Å². The van der Waals surface area contributed by atoms with Gasteiger partial charge in [-0.3, -0.25) is 9.59 Å². The monoisotopic (exact) mass is 503 g/mol. The third-order valence-electron chi connectivity index (χ3n) is 6.67. The summed E-state index contributed by atoms with van der Waals surface area (Å²) in [6, 6.07) is 17.4. The van der Waals surface area contributed by atoms with Crippen molar-refractivity contribution in [1.29, 1.82) is 0 Å². The number of carboxylic acids is 1. The van der Waals surface area contributed by atoms with Crippen LogP contribution in [-0.2, 0) is 11.3 Å². The van der Waals surface area contributed by atoms with Gasteiger partial charge in [0, 0.05) is 37.4 Å². The molecule has 0 aliphatic rings. The van der Waals surface area contributed by atoms with E-state index in [1.54, 1.807) is 6.07 Å².